The van der Waals surface area contributed by atoms with Gasteiger partial charge >= 0.3 is 0 Å². The van der Waals surface area contributed by atoms with E-state index in [-0.39, 0.29) is 11.9 Å². The Kier molecular flexibility index (Phi) is 6.02. The lowest BCUT2D eigenvalue weighted by molar-refractivity contribution is -0.124. The van der Waals surface area contributed by atoms with Crippen LogP contribution in [0.5, 0.6) is 0 Å². The third-order valence-corrected chi connectivity index (χ3v) is 4.26. The molecule has 1 atom stereocenters. The number of hydrogen-bond acceptors (Lipinski definition) is 4. The highest BCUT2D eigenvalue weighted by Crippen LogP contribution is 2.26. The van der Waals surface area contributed by atoms with Gasteiger partial charge in [0, 0.05) is 29.8 Å². The number of nitrogens with zero attached hydrogens (tertiary/aromatic N) is 1. The molecular formula is C15H22BrN3O2. The molecule has 1 aromatic rings. The Balaban J connectivity index is 2.21. The lowest BCUT2D eigenvalue weighted by Crippen LogP contribution is -2.54. The quantitative estimate of drug-likeness (QED) is 0.840. The maximum absolute atomic E-state index is 12.2. The molecule has 1 aliphatic heterocycles. The number of nitrogens with one attached hydrogen (secondary N) is 2. The molecule has 1 amide bonds. The average molecular weight is 356 g/mol. The maximum atomic E-state index is 12.2. The molecule has 1 aromatic carbocycles. The summed E-state index contributed by atoms with van der Waals surface area (Å²) in [6, 6.07) is 5.96. The highest BCUT2D eigenvalue weighted by Gasteiger charge is 2.29. The van der Waals surface area contributed by atoms with Crippen molar-refractivity contribution in [1.82, 2.24) is 10.6 Å². The molecule has 116 valence electrons. The van der Waals surface area contributed by atoms with Gasteiger partial charge in [0.25, 0.3) is 0 Å². The van der Waals surface area contributed by atoms with E-state index < -0.39 is 0 Å². The first-order chi connectivity index (χ1) is 10.2. The summed E-state index contributed by atoms with van der Waals surface area (Å²) in [4.78, 5) is 14.3. The third-order valence-electron chi connectivity index (χ3n) is 3.52. The predicted molar refractivity (Wildman–Crippen MR) is 87.5 cm³/mol. The molecule has 1 saturated heterocycles. The van der Waals surface area contributed by atoms with Crippen LogP contribution >= 0.6 is 15.9 Å². The first-order valence-corrected chi connectivity index (χ1v) is 8.01. The van der Waals surface area contributed by atoms with Crippen LogP contribution in [0.4, 0.5) is 5.69 Å². The Hall–Kier alpha value is -1.11. The number of benzene rings is 1. The number of amides is 1. The van der Waals surface area contributed by atoms with Crippen molar-refractivity contribution < 1.29 is 9.53 Å². The Morgan fingerprint density at radius 3 is 3.00 bits per heavy atom. The van der Waals surface area contributed by atoms with Crippen molar-refractivity contribution in [3.63, 3.8) is 0 Å². The zero-order valence-electron chi connectivity index (χ0n) is 12.5. The zero-order chi connectivity index (χ0) is 15.2. The fourth-order valence-electron chi connectivity index (χ4n) is 2.47. The summed E-state index contributed by atoms with van der Waals surface area (Å²) in [6.45, 7) is 5.17. The summed E-state index contributed by atoms with van der Waals surface area (Å²) in [6.07, 6.45) is 0. The van der Waals surface area contributed by atoms with E-state index in [0.717, 1.165) is 23.2 Å². The number of likely N-dealkylation sites (N-methyl/N-ethyl adjacent to an activating group) is 1. The van der Waals surface area contributed by atoms with Gasteiger partial charge in [-0.3, -0.25) is 4.79 Å². The molecule has 0 saturated carbocycles. The fraction of sp³-hybridized carbons (Fsp3) is 0.533. The molecule has 1 fully saturated rings. The van der Waals surface area contributed by atoms with Gasteiger partial charge < -0.3 is 20.3 Å². The molecule has 1 aliphatic rings. The molecule has 0 aromatic heterocycles. The summed E-state index contributed by atoms with van der Waals surface area (Å²) < 4.78 is 6.52. The summed E-state index contributed by atoms with van der Waals surface area (Å²) in [5, 5.41) is 6.02. The number of rotatable bonds is 5. The first-order valence-electron chi connectivity index (χ1n) is 7.22. The summed E-state index contributed by atoms with van der Waals surface area (Å²) in [5.41, 5.74) is 2.24. The van der Waals surface area contributed by atoms with Crippen molar-refractivity contribution in [2.24, 2.45) is 0 Å². The Morgan fingerprint density at radius 2 is 2.33 bits per heavy atom. The largest absolute Gasteiger partial charge is 0.377 e. The number of halogens is 1. The van der Waals surface area contributed by atoms with Crippen molar-refractivity contribution in [3.8, 4) is 0 Å². The van der Waals surface area contributed by atoms with Gasteiger partial charge in [-0.1, -0.05) is 22.0 Å². The van der Waals surface area contributed by atoms with E-state index >= 15 is 0 Å². The second-order valence-corrected chi connectivity index (χ2v) is 5.84. The smallest absolute Gasteiger partial charge is 0.245 e. The minimum Gasteiger partial charge on any atom is -0.377 e. The van der Waals surface area contributed by atoms with E-state index in [0.29, 0.717) is 19.8 Å². The van der Waals surface area contributed by atoms with Crippen LogP contribution in [0.3, 0.4) is 0 Å². The molecule has 21 heavy (non-hydrogen) atoms. The molecule has 0 bridgehead atoms. The van der Waals surface area contributed by atoms with E-state index in [9.17, 15) is 4.79 Å². The highest BCUT2D eigenvalue weighted by molar-refractivity contribution is 9.10. The molecule has 5 nitrogen and oxygen atoms in total. The number of carbonyl (C=O) groups excluding carboxylic acids is 1. The maximum Gasteiger partial charge on any atom is 0.245 e. The van der Waals surface area contributed by atoms with Crippen LogP contribution in [0.2, 0.25) is 0 Å². The average Bonchev–Trinajstić information content (AvgIpc) is 2.50. The molecule has 0 spiro atoms. The normalized spacial score (nSPS) is 18.6. The second kappa shape index (κ2) is 7.77. The van der Waals surface area contributed by atoms with E-state index in [1.165, 1.54) is 5.56 Å². The molecular weight excluding hydrogens is 334 g/mol. The van der Waals surface area contributed by atoms with Gasteiger partial charge in [-0.05, 0) is 31.7 Å². The van der Waals surface area contributed by atoms with Crippen LogP contribution in [0, 0.1) is 0 Å². The summed E-state index contributed by atoms with van der Waals surface area (Å²) in [7, 11) is 1.92. The standard InChI is InChI=1S/C15H22BrN3O2/c1-3-18-15(20)14-10-21-7-6-19(14)12-5-4-11(9-17-2)13(16)8-12/h4-5,8,14,17H,3,6-7,9-10H2,1-2H3,(H,18,20). The predicted octanol–water partition coefficient (Wildman–Crippen LogP) is 1.51. The number of ether oxygens (including phenoxy) is 1. The number of hydrogen-bond donors (Lipinski definition) is 2. The lowest BCUT2D eigenvalue weighted by Gasteiger charge is -2.36. The van der Waals surface area contributed by atoms with Gasteiger partial charge in [0.05, 0.1) is 13.2 Å². The van der Waals surface area contributed by atoms with Crippen molar-refractivity contribution in [3.05, 3.63) is 28.2 Å². The first kappa shape index (κ1) is 16.3. The minimum absolute atomic E-state index is 0.0209. The molecule has 6 heteroatoms. The SMILES string of the molecule is CCNC(=O)C1COCCN1c1ccc(CNC)c(Br)c1. The van der Waals surface area contributed by atoms with Crippen LogP contribution in [0.1, 0.15) is 12.5 Å². The molecule has 0 aliphatic carbocycles. The molecule has 0 radical (unpaired) electrons. The van der Waals surface area contributed by atoms with Crippen molar-refractivity contribution in [2.45, 2.75) is 19.5 Å². The number of anilines is 1. The molecule has 1 heterocycles. The van der Waals surface area contributed by atoms with Crippen molar-refractivity contribution in [2.75, 3.05) is 38.3 Å². The van der Waals surface area contributed by atoms with Crippen LogP contribution < -0.4 is 15.5 Å². The third kappa shape index (κ3) is 3.96. The van der Waals surface area contributed by atoms with Crippen LogP contribution in [-0.4, -0.2) is 45.3 Å². The molecule has 1 unspecified atom stereocenters. The van der Waals surface area contributed by atoms with Crippen LogP contribution in [0.25, 0.3) is 0 Å². The van der Waals surface area contributed by atoms with Gasteiger partial charge in [-0.15, -0.1) is 0 Å². The molecule has 2 N–H and O–H groups in total. The number of morpholine rings is 1. The van der Waals surface area contributed by atoms with Gasteiger partial charge in [0.2, 0.25) is 5.91 Å². The van der Waals surface area contributed by atoms with E-state index in [2.05, 4.69) is 49.7 Å². The fourth-order valence-corrected chi connectivity index (χ4v) is 2.98. The Morgan fingerprint density at radius 1 is 1.52 bits per heavy atom. The van der Waals surface area contributed by atoms with E-state index in [1.54, 1.807) is 0 Å². The Labute approximate surface area is 134 Å². The van der Waals surface area contributed by atoms with Gasteiger partial charge in [0.15, 0.2) is 0 Å². The monoisotopic (exact) mass is 355 g/mol. The molecule has 2 rings (SSSR count). The van der Waals surface area contributed by atoms with E-state index in [1.807, 2.05) is 14.0 Å². The minimum atomic E-state index is -0.263. The second-order valence-electron chi connectivity index (χ2n) is 4.98. The summed E-state index contributed by atoms with van der Waals surface area (Å²) in [5.74, 6) is 0.0209. The van der Waals surface area contributed by atoms with Crippen LogP contribution in [0.15, 0.2) is 22.7 Å². The topological polar surface area (TPSA) is 53.6 Å². The van der Waals surface area contributed by atoms with Crippen LogP contribution in [-0.2, 0) is 16.1 Å². The zero-order valence-corrected chi connectivity index (χ0v) is 14.1. The number of carbonyl (C=O) groups is 1. The highest BCUT2D eigenvalue weighted by atomic mass is 79.9. The summed E-state index contributed by atoms with van der Waals surface area (Å²) >= 11 is 3.60. The Bertz CT molecular complexity index is 496. The van der Waals surface area contributed by atoms with Crippen molar-refractivity contribution >= 4 is 27.5 Å². The lowest BCUT2D eigenvalue weighted by atomic mass is 10.1. The van der Waals surface area contributed by atoms with Gasteiger partial charge in [-0.25, -0.2) is 0 Å². The van der Waals surface area contributed by atoms with Gasteiger partial charge in [0.1, 0.15) is 6.04 Å². The van der Waals surface area contributed by atoms with E-state index in [4.69, 9.17) is 4.74 Å². The van der Waals surface area contributed by atoms with Crippen molar-refractivity contribution in [1.29, 1.82) is 0 Å². The van der Waals surface area contributed by atoms with Gasteiger partial charge in [-0.2, -0.15) is 0 Å².